The van der Waals surface area contributed by atoms with E-state index in [-0.39, 0.29) is 24.1 Å². The van der Waals surface area contributed by atoms with Crippen molar-refractivity contribution in [1.82, 2.24) is 0 Å². The number of benzene rings is 1. The highest BCUT2D eigenvalue weighted by Crippen LogP contribution is 2.39. The largest absolute Gasteiger partial charge is 0.444 e. The second-order valence-electron chi connectivity index (χ2n) is 10.1. The van der Waals surface area contributed by atoms with Crippen molar-refractivity contribution in [2.75, 3.05) is 35.2 Å². The molecule has 32 heavy (non-hydrogen) atoms. The van der Waals surface area contributed by atoms with Gasteiger partial charge in [0.05, 0.1) is 29.8 Å². The molecule has 0 spiro atoms. The molecule has 1 amide bonds. The number of halogens is 1. The molecule has 2 atom stereocenters. The molecule has 2 heterocycles. The first-order valence-electron chi connectivity index (χ1n) is 10.8. The predicted molar refractivity (Wildman–Crippen MR) is 124 cm³/mol. The number of hydrogen-bond donors (Lipinski definition) is 1. The number of amides is 1. The van der Waals surface area contributed by atoms with Crippen LogP contribution in [0.5, 0.6) is 0 Å². The van der Waals surface area contributed by atoms with Crippen molar-refractivity contribution in [2.24, 2.45) is 0 Å². The van der Waals surface area contributed by atoms with Gasteiger partial charge in [0.1, 0.15) is 11.9 Å². The van der Waals surface area contributed by atoms with E-state index in [2.05, 4.69) is 33.9 Å². The number of carbonyl (C=O) groups excluding carboxylic acids is 1. The normalized spacial score (nSPS) is 22.5. The van der Waals surface area contributed by atoms with Gasteiger partial charge in [-0.15, -0.1) is 0 Å². The highest BCUT2D eigenvalue weighted by atomic mass is 32.2. The molecule has 0 radical (unpaired) electrons. The van der Waals surface area contributed by atoms with Crippen LogP contribution < -0.4 is 9.80 Å². The number of rotatable bonds is 7. The average molecular weight is 489 g/mol. The molecule has 3 rings (SSSR count). The maximum atomic E-state index is 15.0. The minimum absolute atomic E-state index is 0.0228. The fourth-order valence-electron chi connectivity index (χ4n) is 3.72. The molecule has 11 heteroatoms. The van der Waals surface area contributed by atoms with E-state index in [1.165, 1.54) is 11.0 Å². The van der Waals surface area contributed by atoms with Crippen molar-refractivity contribution in [3.63, 3.8) is 0 Å². The van der Waals surface area contributed by atoms with Gasteiger partial charge in [-0.2, -0.15) is 8.42 Å². The summed E-state index contributed by atoms with van der Waals surface area (Å²) in [7, 11) is -6.05. The summed E-state index contributed by atoms with van der Waals surface area (Å²) in [5, 5.41) is 0.108. The first kappa shape index (κ1) is 24.9. The Hall–Kier alpha value is -1.69. The lowest BCUT2D eigenvalue weighted by Gasteiger charge is -2.38. The van der Waals surface area contributed by atoms with E-state index in [9.17, 15) is 17.6 Å². The molecular formula is C21H33FN2O6SSi. The van der Waals surface area contributed by atoms with Gasteiger partial charge in [0.2, 0.25) is 0 Å². The maximum absolute atomic E-state index is 15.0. The first-order valence-corrected chi connectivity index (χ1v) is 15.3. The molecular weight excluding hydrogens is 455 g/mol. The van der Waals surface area contributed by atoms with Gasteiger partial charge < -0.3 is 14.1 Å². The lowest BCUT2D eigenvalue weighted by molar-refractivity contribution is 0.139. The molecule has 0 saturated carbocycles. The van der Waals surface area contributed by atoms with Crippen LogP contribution in [0.15, 0.2) is 18.2 Å². The molecule has 2 aliphatic rings. The quantitative estimate of drug-likeness (QED) is 0.457. The molecule has 2 aliphatic heterocycles. The molecule has 1 aromatic rings. The second-order valence-corrected chi connectivity index (χ2v) is 16.4. The number of hydrogen-bond acceptors (Lipinski definition) is 6. The molecule has 1 aromatic carbocycles. The summed E-state index contributed by atoms with van der Waals surface area (Å²) in [5.41, 5.74) is 0.810. The molecule has 0 aromatic heterocycles. The van der Waals surface area contributed by atoms with Crippen molar-refractivity contribution < 1.29 is 31.3 Å². The number of anilines is 2. The molecule has 1 N–H and O–H groups in total. The Kier molecular flexibility index (Phi) is 6.95. The van der Waals surface area contributed by atoms with Crippen LogP contribution in [0.2, 0.25) is 18.1 Å². The summed E-state index contributed by atoms with van der Waals surface area (Å²) in [6, 6.07) is 4.61. The summed E-state index contributed by atoms with van der Waals surface area (Å²) in [6.07, 6.45) is -0.473. The van der Waals surface area contributed by atoms with E-state index in [4.69, 9.17) is 13.7 Å². The molecule has 8 nitrogen and oxygen atoms in total. The summed E-state index contributed by atoms with van der Waals surface area (Å²) in [6.45, 7) is 12.4. The van der Waals surface area contributed by atoms with Crippen molar-refractivity contribution in [3.05, 3.63) is 24.0 Å². The van der Waals surface area contributed by atoms with Crippen LogP contribution in [0.3, 0.4) is 0 Å². The standard InChI is InChI=1S/C21H33FN2O6SSi/c1-21(2,3)32(4,5)30-17-8-10-23(13-17)19-7-6-15(12-18(19)22)24-14-16(29-20(24)25)9-11-31(26,27)28/h6-7,12,16-17H,8-11,13-14H2,1-5H3,(H,26,27,28). The number of carbonyl (C=O) groups is 1. The lowest BCUT2D eigenvalue weighted by atomic mass is 10.2. The third kappa shape index (κ3) is 5.80. The zero-order valence-electron chi connectivity index (χ0n) is 19.3. The van der Waals surface area contributed by atoms with E-state index < -0.39 is 42.2 Å². The molecule has 2 unspecified atom stereocenters. The highest BCUT2D eigenvalue weighted by Gasteiger charge is 2.41. The van der Waals surface area contributed by atoms with Crippen LogP contribution in [0, 0.1) is 5.82 Å². The Morgan fingerprint density at radius 3 is 2.56 bits per heavy atom. The van der Waals surface area contributed by atoms with E-state index >= 15 is 0 Å². The van der Waals surface area contributed by atoms with Crippen molar-refractivity contribution >= 4 is 35.9 Å². The van der Waals surface area contributed by atoms with E-state index in [1.54, 1.807) is 12.1 Å². The Labute approximate surface area is 190 Å². The van der Waals surface area contributed by atoms with Gasteiger partial charge in [0.15, 0.2) is 8.32 Å². The maximum Gasteiger partial charge on any atom is 0.414 e. The zero-order chi connectivity index (χ0) is 23.9. The zero-order valence-corrected chi connectivity index (χ0v) is 21.1. The summed E-state index contributed by atoms with van der Waals surface area (Å²) >= 11 is 0. The third-order valence-electron chi connectivity index (χ3n) is 6.57. The number of cyclic esters (lactones) is 1. The van der Waals surface area contributed by atoms with E-state index in [0.29, 0.717) is 24.5 Å². The SMILES string of the molecule is CC(C)(C)[Si](C)(C)OC1CCN(c2ccc(N3CC(CCS(=O)(=O)O)OC3=O)cc2F)C1. The summed E-state index contributed by atoms with van der Waals surface area (Å²) < 4.78 is 57.3. The van der Waals surface area contributed by atoms with Gasteiger partial charge in [-0.3, -0.25) is 9.45 Å². The third-order valence-corrected chi connectivity index (χ3v) is 11.9. The Morgan fingerprint density at radius 1 is 1.28 bits per heavy atom. The molecule has 180 valence electrons. The average Bonchev–Trinajstić information content (AvgIpc) is 3.24. The van der Waals surface area contributed by atoms with Crippen molar-refractivity contribution in [1.29, 1.82) is 0 Å². The van der Waals surface area contributed by atoms with Crippen LogP contribution in [0.25, 0.3) is 0 Å². The van der Waals surface area contributed by atoms with Crippen LogP contribution in [-0.2, 0) is 19.3 Å². The van der Waals surface area contributed by atoms with Crippen LogP contribution in [0.4, 0.5) is 20.6 Å². The summed E-state index contributed by atoms with van der Waals surface area (Å²) in [5.74, 6) is -0.941. The molecule has 2 saturated heterocycles. The van der Waals surface area contributed by atoms with Gasteiger partial charge >= 0.3 is 6.09 Å². The smallest absolute Gasteiger partial charge is 0.414 e. The molecule has 0 bridgehead atoms. The predicted octanol–water partition coefficient (Wildman–Crippen LogP) is 4.03. The van der Waals surface area contributed by atoms with Gasteiger partial charge in [0, 0.05) is 19.5 Å². The Bertz CT molecular complexity index is 966. The monoisotopic (exact) mass is 488 g/mol. The number of nitrogens with zero attached hydrogens (tertiary/aromatic N) is 2. The molecule has 2 fully saturated rings. The van der Waals surface area contributed by atoms with Crippen LogP contribution in [-0.4, -0.2) is 65.0 Å². The van der Waals surface area contributed by atoms with Gasteiger partial charge in [0.25, 0.3) is 10.1 Å². The van der Waals surface area contributed by atoms with Crippen molar-refractivity contribution in [3.8, 4) is 0 Å². The number of ether oxygens (including phenoxy) is 1. The second kappa shape index (κ2) is 8.92. The van der Waals surface area contributed by atoms with Gasteiger partial charge in [-0.05, 0) is 42.8 Å². The Balaban J connectivity index is 1.64. The Morgan fingerprint density at radius 2 is 1.97 bits per heavy atom. The summed E-state index contributed by atoms with van der Waals surface area (Å²) in [4.78, 5) is 15.4. The minimum Gasteiger partial charge on any atom is -0.444 e. The van der Waals surface area contributed by atoms with Gasteiger partial charge in [-0.1, -0.05) is 20.8 Å². The minimum atomic E-state index is -4.14. The fraction of sp³-hybridized carbons (Fsp3) is 0.667. The molecule has 0 aliphatic carbocycles. The highest BCUT2D eigenvalue weighted by molar-refractivity contribution is 7.85. The topological polar surface area (TPSA) is 96.4 Å². The van der Waals surface area contributed by atoms with Crippen LogP contribution >= 0.6 is 0 Å². The van der Waals surface area contributed by atoms with E-state index in [0.717, 1.165) is 6.42 Å². The fourth-order valence-corrected chi connectivity index (χ4v) is 5.66. The van der Waals surface area contributed by atoms with Crippen LogP contribution in [0.1, 0.15) is 33.6 Å². The lowest BCUT2D eigenvalue weighted by Crippen LogP contribution is -2.44. The van der Waals surface area contributed by atoms with Gasteiger partial charge in [-0.25, -0.2) is 9.18 Å². The van der Waals surface area contributed by atoms with E-state index in [1.807, 2.05) is 4.90 Å². The first-order chi connectivity index (χ1) is 14.7. The van der Waals surface area contributed by atoms with Crippen molar-refractivity contribution in [2.45, 2.75) is 64.0 Å².